The van der Waals surface area contributed by atoms with Crippen LogP contribution in [0.1, 0.15) is 11.4 Å². The number of imidazole rings is 1. The van der Waals surface area contributed by atoms with Gasteiger partial charge in [-0.1, -0.05) is 36.4 Å². The summed E-state index contributed by atoms with van der Waals surface area (Å²) in [5.41, 5.74) is 7.23. The quantitative estimate of drug-likeness (QED) is 0.360. The number of aromatic amines is 1. The second-order valence-corrected chi connectivity index (χ2v) is 9.53. The zero-order valence-electron chi connectivity index (χ0n) is 21.2. The summed E-state index contributed by atoms with van der Waals surface area (Å²) in [7, 11) is 0. The molecule has 10 heteroatoms. The van der Waals surface area contributed by atoms with Crippen molar-refractivity contribution in [3.63, 3.8) is 0 Å². The molecule has 194 valence electrons. The molecule has 0 unspecified atom stereocenters. The van der Waals surface area contributed by atoms with Gasteiger partial charge in [-0.3, -0.25) is 4.98 Å². The molecule has 39 heavy (non-hydrogen) atoms. The number of anilines is 1. The van der Waals surface area contributed by atoms with Crippen LogP contribution in [0.5, 0.6) is 0 Å². The van der Waals surface area contributed by atoms with E-state index in [4.69, 9.17) is 19.8 Å². The average molecular weight is 519 g/mol. The third-order valence-corrected chi connectivity index (χ3v) is 7.12. The molecule has 0 atom stereocenters. The van der Waals surface area contributed by atoms with Crippen molar-refractivity contribution in [2.75, 3.05) is 31.2 Å². The van der Waals surface area contributed by atoms with E-state index in [1.807, 2.05) is 59.2 Å². The smallest absolute Gasteiger partial charge is 0.361 e. The molecule has 0 amide bonds. The molecule has 7 rings (SSSR count). The predicted molar refractivity (Wildman–Crippen MR) is 148 cm³/mol. The summed E-state index contributed by atoms with van der Waals surface area (Å²) in [6.45, 7) is 3.02. The molecule has 6 aromatic rings. The van der Waals surface area contributed by atoms with Crippen molar-refractivity contribution in [3.8, 4) is 16.9 Å². The molecule has 4 aromatic heterocycles. The Balaban J connectivity index is 1.29. The monoisotopic (exact) mass is 518 g/mol. The lowest BCUT2D eigenvalue weighted by molar-refractivity contribution is 0.123. The zero-order chi connectivity index (χ0) is 26.2. The van der Waals surface area contributed by atoms with Gasteiger partial charge in [0.1, 0.15) is 6.33 Å². The first-order chi connectivity index (χ1) is 19.2. The Kier molecular flexibility index (Phi) is 5.86. The molecule has 0 radical (unpaired) electrons. The molecule has 0 bridgehead atoms. The van der Waals surface area contributed by atoms with Gasteiger partial charge in [0.2, 0.25) is 0 Å². The van der Waals surface area contributed by atoms with Crippen LogP contribution < -0.4 is 10.6 Å². The van der Waals surface area contributed by atoms with Crippen LogP contribution in [0.4, 0.5) is 5.69 Å². The van der Waals surface area contributed by atoms with E-state index in [9.17, 15) is 4.79 Å². The Bertz CT molecular complexity index is 1830. The highest BCUT2D eigenvalue weighted by Crippen LogP contribution is 2.31. The van der Waals surface area contributed by atoms with Crippen molar-refractivity contribution in [1.82, 2.24) is 34.3 Å². The fourth-order valence-electron chi connectivity index (χ4n) is 5.17. The number of morpholine rings is 1. The van der Waals surface area contributed by atoms with Gasteiger partial charge in [0.25, 0.3) is 0 Å². The summed E-state index contributed by atoms with van der Waals surface area (Å²) >= 11 is 0. The highest BCUT2D eigenvalue weighted by molar-refractivity contribution is 5.78. The minimum absolute atomic E-state index is 0.384. The Morgan fingerprint density at radius 3 is 2.56 bits per heavy atom. The van der Waals surface area contributed by atoms with Crippen LogP contribution in [-0.4, -0.2) is 60.6 Å². The number of fused-ring (bicyclic) bond motifs is 2. The number of aromatic nitrogens is 7. The Morgan fingerprint density at radius 1 is 0.897 bits per heavy atom. The maximum absolute atomic E-state index is 11.5. The molecule has 2 aromatic carbocycles. The molecule has 10 nitrogen and oxygen atoms in total. The molecule has 1 fully saturated rings. The molecule has 1 saturated heterocycles. The molecular weight excluding hydrogens is 492 g/mol. The number of rotatable bonds is 6. The van der Waals surface area contributed by atoms with E-state index in [2.05, 4.69) is 33.2 Å². The summed E-state index contributed by atoms with van der Waals surface area (Å²) in [5.74, 6) is 0. The van der Waals surface area contributed by atoms with Gasteiger partial charge < -0.3 is 9.64 Å². The van der Waals surface area contributed by atoms with Crippen LogP contribution in [0.15, 0.2) is 84.0 Å². The molecule has 0 spiro atoms. The number of H-pyrrole nitrogens is 1. The number of hydrogen-bond donors (Lipinski definition) is 1. The second kappa shape index (κ2) is 9.80. The van der Waals surface area contributed by atoms with Crippen molar-refractivity contribution in [2.24, 2.45) is 0 Å². The molecule has 0 saturated carbocycles. The number of hydrogen-bond acceptors (Lipinski definition) is 7. The topological polar surface area (TPSA) is 106 Å². The number of nitrogens with one attached hydrogen (secondary N) is 1. The number of pyridine rings is 1. The number of para-hydroxylation sites is 1. The van der Waals surface area contributed by atoms with E-state index in [0.29, 0.717) is 19.6 Å². The SMILES string of the molecule is O=c1ncn(-c2ccc(-c3c(CCc4ccc5ccccc5n4)nc4c(N5CCOCC5)ccnn34)cc2)[nH]1. The molecule has 5 heterocycles. The van der Waals surface area contributed by atoms with Gasteiger partial charge in [0.05, 0.1) is 47.7 Å². The molecular formula is C29H26N8O2. The summed E-state index contributed by atoms with van der Waals surface area (Å²) < 4.78 is 9.12. The number of nitrogens with zero attached hydrogens (tertiary/aromatic N) is 7. The molecule has 1 aliphatic heterocycles. The molecule has 1 N–H and O–H groups in total. The molecule has 1 aliphatic rings. The zero-order valence-corrected chi connectivity index (χ0v) is 21.2. The number of benzene rings is 2. The summed E-state index contributed by atoms with van der Waals surface area (Å²) in [6, 6.07) is 22.4. The maximum atomic E-state index is 11.5. The fourth-order valence-corrected chi connectivity index (χ4v) is 5.17. The van der Waals surface area contributed by atoms with Crippen molar-refractivity contribution < 1.29 is 4.74 Å². The van der Waals surface area contributed by atoms with Gasteiger partial charge in [-0.25, -0.2) is 24.1 Å². The number of aryl methyl sites for hydroxylation is 2. The maximum Gasteiger partial charge on any atom is 0.361 e. The van der Waals surface area contributed by atoms with Crippen molar-refractivity contribution in [3.05, 3.63) is 101 Å². The van der Waals surface area contributed by atoms with E-state index in [1.54, 1.807) is 4.68 Å². The summed E-state index contributed by atoms with van der Waals surface area (Å²) in [5, 5.41) is 8.54. The second-order valence-electron chi connectivity index (χ2n) is 9.53. The van der Waals surface area contributed by atoms with Crippen LogP contribution in [-0.2, 0) is 17.6 Å². The minimum Gasteiger partial charge on any atom is -0.378 e. The lowest BCUT2D eigenvalue weighted by Gasteiger charge is -2.28. The molecule has 0 aliphatic carbocycles. The largest absolute Gasteiger partial charge is 0.378 e. The summed E-state index contributed by atoms with van der Waals surface area (Å²) in [6.07, 6.45) is 4.78. The highest BCUT2D eigenvalue weighted by atomic mass is 16.5. The third-order valence-electron chi connectivity index (χ3n) is 7.12. The normalized spacial score (nSPS) is 13.9. The first-order valence-corrected chi connectivity index (χ1v) is 13.0. The van der Waals surface area contributed by atoms with Crippen molar-refractivity contribution in [2.45, 2.75) is 12.8 Å². The number of ether oxygens (including phenoxy) is 1. The standard InChI is InChI=1S/C29H26N8O2/c38-29-30-19-36(34-29)23-10-6-21(7-11-23)27-25(12-9-22-8-5-20-3-1-2-4-24(20)32-22)33-28-26(13-14-31-37(27)28)35-15-17-39-18-16-35/h1-8,10-11,13-14,19H,9,12,15-18H2,(H,34,38). The van der Waals surface area contributed by atoms with Crippen LogP contribution in [0.3, 0.4) is 0 Å². The van der Waals surface area contributed by atoms with Gasteiger partial charge in [-0.2, -0.15) is 10.1 Å². The van der Waals surface area contributed by atoms with Gasteiger partial charge in [-0.05, 0) is 43.2 Å². The van der Waals surface area contributed by atoms with Gasteiger partial charge >= 0.3 is 5.69 Å². The third kappa shape index (κ3) is 4.44. The lowest BCUT2D eigenvalue weighted by Crippen LogP contribution is -2.36. The van der Waals surface area contributed by atoms with Crippen LogP contribution >= 0.6 is 0 Å². The Labute approximate surface area is 223 Å². The van der Waals surface area contributed by atoms with Crippen molar-refractivity contribution >= 4 is 22.2 Å². The lowest BCUT2D eigenvalue weighted by atomic mass is 10.1. The van der Waals surface area contributed by atoms with E-state index in [1.165, 1.54) is 6.33 Å². The summed E-state index contributed by atoms with van der Waals surface area (Å²) in [4.78, 5) is 27.6. The fraction of sp³-hybridized carbons (Fsp3) is 0.207. The minimum atomic E-state index is -0.384. The van der Waals surface area contributed by atoms with Gasteiger partial charge in [-0.15, -0.1) is 0 Å². The van der Waals surface area contributed by atoms with Crippen LogP contribution in [0.25, 0.3) is 33.5 Å². The predicted octanol–water partition coefficient (Wildman–Crippen LogP) is 3.44. The first kappa shape index (κ1) is 23.3. The first-order valence-electron chi connectivity index (χ1n) is 13.0. The van der Waals surface area contributed by atoms with Gasteiger partial charge in [0.15, 0.2) is 5.65 Å². The van der Waals surface area contributed by atoms with E-state index in [-0.39, 0.29) is 5.69 Å². The van der Waals surface area contributed by atoms with E-state index in [0.717, 1.165) is 70.1 Å². The van der Waals surface area contributed by atoms with Crippen molar-refractivity contribution in [1.29, 1.82) is 0 Å². The van der Waals surface area contributed by atoms with E-state index < -0.39 is 0 Å². The van der Waals surface area contributed by atoms with E-state index >= 15 is 0 Å². The van der Waals surface area contributed by atoms with Gasteiger partial charge in [0, 0.05) is 29.7 Å². The Hall–Kier alpha value is -4.83. The Morgan fingerprint density at radius 2 is 1.74 bits per heavy atom. The highest BCUT2D eigenvalue weighted by Gasteiger charge is 2.21. The van der Waals surface area contributed by atoms with Crippen LogP contribution in [0.2, 0.25) is 0 Å². The van der Waals surface area contributed by atoms with Crippen LogP contribution in [0, 0.1) is 0 Å². The average Bonchev–Trinajstić information content (AvgIpc) is 3.60.